The van der Waals surface area contributed by atoms with Crippen molar-refractivity contribution in [1.82, 2.24) is 5.32 Å². The van der Waals surface area contributed by atoms with Crippen LogP contribution in [0.25, 0.3) is 10.8 Å². The van der Waals surface area contributed by atoms with E-state index in [0.29, 0.717) is 24.1 Å². The minimum Gasteiger partial charge on any atom is -0.507 e. The summed E-state index contributed by atoms with van der Waals surface area (Å²) < 4.78 is 42.2. The van der Waals surface area contributed by atoms with Crippen LogP contribution in [0.3, 0.4) is 0 Å². The van der Waals surface area contributed by atoms with Gasteiger partial charge in [-0.3, -0.25) is 29.2 Å². The van der Waals surface area contributed by atoms with E-state index in [1.807, 2.05) is 31.7 Å². The molecule has 4 unspecified atom stereocenters. The summed E-state index contributed by atoms with van der Waals surface area (Å²) in [6.45, 7) is 10.7. The Morgan fingerprint density at radius 3 is 2.31 bits per heavy atom. The maximum absolute atomic E-state index is 15.2. The molecule has 3 amide bonds. The number of carbonyl (C=O) groups excluding carboxylic acids is 4. The minimum absolute atomic E-state index is 0.00456. The third kappa shape index (κ3) is 11.0. The molecule has 7 atom stereocenters. The predicted octanol–water partition coefficient (Wildman–Crippen LogP) is 8.14. The van der Waals surface area contributed by atoms with Gasteiger partial charge in [-0.1, -0.05) is 81.5 Å². The molecule has 18 heteroatoms. The van der Waals surface area contributed by atoms with Gasteiger partial charge in [0.1, 0.15) is 40.2 Å². The van der Waals surface area contributed by atoms with Crippen LogP contribution in [-0.2, 0) is 20.7 Å². The number of hydrogen-bond donors (Lipinski definition) is 7. The van der Waals surface area contributed by atoms with Gasteiger partial charge in [0, 0.05) is 55.8 Å². The van der Waals surface area contributed by atoms with Gasteiger partial charge in [-0.2, -0.15) is 0 Å². The number of Topliss-reactive ketones (excluding diaryl/α,β-unsaturated/α-hetero) is 1. The largest absolute Gasteiger partial charge is 0.507 e. The number of amides is 3. The number of fused-ring (bicyclic) bond motifs is 13. The fraction of sp³-hybridized carbons (Fsp3) is 0.367. The summed E-state index contributed by atoms with van der Waals surface area (Å²) in [4.78, 5) is 68.8. The molecule has 5 bridgehead atoms. The number of carbonyl (C=O) groups is 4. The summed E-state index contributed by atoms with van der Waals surface area (Å²) >= 11 is 0. The van der Waals surface area contributed by atoms with E-state index in [1.165, 1.54) is 56.5 Å². The van der Waals surface area contributed by atoms with Crippen LogP contribution in [0.5, 0.6) is 17.2 Å². The average molecular weight is 1070 g/mol. The van der Waals surface area contributed by atoms with Crippen LogP contribution in [0.15, 0.2) is 119 Å². The van der Waals surface area contributed by atoms with Crippen molar-refractivity contribution in [3.05, 3.63) is 154 Å². The number of nitrogens with one attached hydrogen (secondary N) is 3. The number of halogens is 2. The van der Waals surface area contributed by atoms with Gasteiger partial charge in [-0.05, 0) is 92.8 Å². The van der Waals surface area contributed by atoms with Crippen LogP contribution < -0.4 is 36.3 Å². The fourth-order valence-electron chi connectivity index (χ4n) is 10.6. The highest BCUT2D eigenvalue weighted by atomic mass is 19.1. The normalized spacial score (nSPS) is 25.1. The van der Waals surface area contributed by atoms with E-state index < -0.39 is 76.3 Å². The number of nitrogens with zero attached hydrogens (tertiary/aromatic N) is 3. The van der Waals surface area contributed by atoms with Gasteiger partial charge >= 0.3 is 5.79 Å². The molecule has 78 heavy (non-hydrogen) atoms. The van der Waals surface area contributed by atoms with E-state index in [1.54, 1.807) is 55.5 Å². The van der Waals surface area contributed by atoms with Crippen molar-refractivity contribution in [3.8, 4) is 17.2 Å². The Kier molecular flexibility index (Phi) is 15.6. The van der Waals surface area contributed by atoms with Crippen LogP contribution in [0, 0.1) is 36.3 Å². The van der Waals surface area contributed by atoms with Gasteiger partial charge < -0.3 is 50.8 Å². The Bertz CT molecular complexity index is 3430. The zero-order chi connectivity index (χ0) is 55.8. The molecule has 1 fully saturated rings. The summed E-state index contributed by atoms with van der Waals surface area (Å²) in [7, 11) is 0. The molecule has 5 aliphatic heterocycles. The third-order valence-electron chi connectivity index (χ3n) is 15.4. The summed E-state index contributed by atoms with van der Waals surface area (Å²) in [5, 5.41) is 54.7. The second kappa shape index (κ2) is 22.2. The zero-order valence-electron chi connectivity index (χ0n) is 44.3. The molecule has 0 aromatic heterocycles. The Morgan fingerprint density at radius 1 is 0.885 bits per heavy atom. The molecule has 0 radical (unpaired) electrons. The van der Waals surface area contributed by atoms with Gasteiger partial charge in [0.25, 0.3) is 17.6 Å². The quantitative estimate of drug-likeness (QED) is 0.0769. The second-order valence-corrected chi connectivity index (χ2v) is 21.2. The molecule has 0 aliphatic carbocycles. The summed E-state index contributed by atoms with van der Waals surface area (Å²) in [5.74, 6) is -7.57. The van der Waals surface area contributed by atoms with Gasteiger partial charge in [-0.15, -0.1) is 0 Å². The number of rotatable bonds is 7. The molecular formula is C60H64F2N6O10. The summed E-state index contributed by atoms with van der Waals surface area (Å²) in [6, 6.07) is 17.1. The first-order valence-electron chi connectivity index (χ1n) is 26.2. The van der Waals surface area contributed by atoms with Crippen LogP contribution in [-0.4, -0.2) is 86.7 Å². The van der Waals surface area contributed by atoms with E-state index in [2.05, 4.69) is 16.0 Å². The van der Waals surface area contributed by atoms with E-state index >= 15 is 4.39 Å². The number of aromatic hydroxyl groups is 2. The molecule has 5 aliphatic rings. The van der Waals surface area contributed by atoms with Gasteiger partial charge in [0.2, 0.25) is 5.91 Å². The second-order valence-electron chi connectivity index (χ2n) is 21.2. The first kappa shape index (κ1) is 54.8. The Morgan fingerprint density at radius 2 is 1.58 bits per heavy atom. The number of aliphatic hydroxyl groups excluding tert-OH is 2. The Balaban J connectivity index is 1.07. The smallest absolute Gasteiger partial charge is 0.312 e. The Labute approximate surface area is 449 Å². The van der Waals surface area contributed by atoms with Crippen molar-refractivity contribution in [2.24, 2.45) is 27.7 Å². The number of anilines is 3. The predicted molar refractivity (Wildman–Crippen MR) is 290 cm³/mol. The van der Waals surface area contributed by atoms with E-state index in [0.717, 1.165) is 6.07 Å². The zero-order valence-corrected chi connectivity index (χ0v) is 44.3. The van der Waals surface area contributed by atoms with Crippen LogP contribution in [0.1, 0.15) is 98.6 Å². The highest BCUT2D eigenvalue weighted by Crippen LogP contribution is 2.50. The topological polar surface area (TPSA) is 232 Å². The van der Waals surface area contributed by atoms with E-state index in [4.69, 9.17) is 19.5 Å². The maximum atomic E-state index is 15.2. The lowest BCUT2D eigenvalue weighted by Gasteiger charge is -2.37. The lowest BCUT2D eigenvalue weighted by Crippen LogP contribution is -2.46. The van der Waals surface area contributed by atoms with Crippen molar-refractivity contribution in [1.29, 1.82) is 0 Å². The lowest BCUT2D eigenvalue weighted by molar-refractivity contribution is -0.118. The molecular weight excluding hydrogens is 1000 g/mol. The number of benzene rings is 5. The average Bonchev–Trinajstić information content (AvgIpc) is 4.13. The van der Waals surface area contributed by atoms with Gasteiger partial charge in [-0.25, -0.2) is 8.78 Å². The lowest BCUT2D eigenvalue weighted by atomic mass is 9.87. The number of aliphatic hydroxyl groups is 2. The number of phenols is 2. The van der Waals surface area contributed by atoms with Crippen molar-refractivity contribution in [3.63, 3.8) is 0 Å². The molecule has 5 aromatic carbocycles. The molecule has 0 saturated carbocycles. The fourth-order valence-corrected chi connectivity index (χ4v) is 10.6. The number of allylic oxidation sites excluding steroid dienone is 4. The SMILES string of the molecule is C/C1=C/C=C/C(C)C[C@@H](C)C(O)CC(O)[C@H](C)C/C=C/O[C@]2(C)Oc3c(C)c(O)c4c(O)c(c5c(c4c3C2=O)=NC2(CCN(c3ccc(F)cc3NC(=O)C(Cc3ccccc3)NC(=O)c3ccccc3F)CC2)N=5)NC1=O. The van der Waals surface area contributed by atoms with E-state index in [9.17, 15) is 44.0 Å². The molecule has 1 spiro atoms. The van der Waals surface area contributed by atoms with Crippen molar-refractivity contribution in [2.75, 3.05) is 28.6 Å². The molecule has 1 saturated heterocycles. The molecule has 7 N–H and O–H groups in total. The van der Waals surface area contributed by atoms with Crippen LogP contribution in [0.4, 0.5) is 25.8 Å². The molecule has 10 rings (SSSR count). The number of ether oxygens (including phenoxy) is 2. The molecule has 5 aromatic rings. The number of phenolic OH excluding ortho intramolecular Hbond substituents is 2. The van der Waals surface area contributed by atoms with Crippen molar-refractivity contribution >= 4 is 51.3 Å². The van der Waals surface area contributed by atoms with Gasteiger partial charge in [0.05, 0.1) is 51.7 Å². The number of ketones is 1. The first-order chi connectivity index (χ1) is 37.2. The summed E-state index contributed by atoms with van der Waals surface area (Å²) in [6.07, 6.45) is 8.13. The highest BCUT2D eigenvalue weighted by molar-refractivity contribution is 6.19. The Hall–Kier alpha value is -7.96. The highest BCUT2D eigenvalue weighted by Gasteiger charge is 2.50. The van der Waals surface area contributed by atoms with Crippen molar-refractivity contribution < 1.29 is 57.9 Å². The summed E-state index contributed by atoms with van der Waals surface area (Å²) in [5.41, 5.74) is -0.0878. The number of piperidine rings is 1. The first-order valence-corrected chi connectivity index (χ1v) is 26.2. The molecule has 408 valence electrons. The van der Waals surface area contributed by atoms with Crippen LogP contribution in [0.2, 0.25) is 0 Å². The standard InChI is InChI=1S/C60H64F2N6O10/c1-32-14-12-15-34(3)56(74)65-51-50-49(46-47(53(51)72)52(71)36(5)54-48(46)55(73)59(6,78-54)77-27-13-16-33(2)44(69)31-45(70)35(4)28-32)66-60(67-50)23-25-68(26-24-60)43-22-21-38(61)30-41(43)63-58(76)42(29-37-17-8-7-9-18-37)64-57(75)39-19-10-11-20-40(39)62/h7-15,17-22,27,30,32-33,35,42,44-45,69-72H,16,23-26,28-29,31H2,1-6H3,(H,63,76)(H,64,75)(H,65,74)/b14-12+,27-13+,34-15-/t32?,33-,35-,42?,44?,45?,59-/m1/s1. The molecule has 5 heterocycles. The van der Waals surface area contributed by atoms with E-state index in [-0.39, 0.29) is 117 Å². The third-order valence-corrected chi connectivity index (χ3v) is 15.4. The number of hydrogen-bond acceptors (Lipinski definition) is 13. The monoisotopic (exact) mass is 1070 g/mol. The molecule has 16 nitrogen and oxygen atoms in total. The van der Waals surface area contributed by atoms with Crippen LogP contribution >= 0.6 is 0 Å². The van der Waals surface area contributed by atoms with Crippen molar-refractivity contribution in [2.45, 2.75) is 110 Å². The maximum Gasteiger partial charge on any atom is 0.312 e. The van der Waals surface area contributed by atoms with Gasteiger partial charge in [0.15, 0.2) is 11.4 Å². The minimum atomic E-state index is -1.96.